The van der Waals surface area contributed by atoms with Crippen LogP contribution in [-0.2, 0) is 11.3 Å². The molecule has 7 heteroatoms. The fraction of sp³-hybridized carbons (Fsp3) is 0.333. The minimum absolute atomic E-state index is 0.148. The number of rotatable bonds is 5. The molecule has 0 bridgehead atoms. The molecule has 2 aromatic heterocycles. The van der Waals surface area contributed by atoms with Crippen LogP contribution in [0.5, 0.6) is 0 Å². The van der Waals surface area contributed by atoms with E-state index in [1.165, 1.54) is 0 Å². The number of carbonyl (C=O) groups is 1. The molecule has 0 unspecified atom stereocenters. The Bertz CT molecular complexity index is 758. The van der Waals surface area contributed by atoms with Crippen LogP contribution in [-0.4, -0.2) is 25.7 Å². The van der Waals surface area contributed by atoms with Crippen molar-refractivity contribution in [2.45, 2.75) is 32.4 Å². The van der Waals surface area contributed by atoms with Crippen LogP contribution >= 0.6 is 12.2 Å². The van der Waals surface area contributed by atoms with Gasteiger partial charge in [-0.3, -0.25) is 19.4 Å². The summed E-state index contributed by atoms with van der Waals surface area (Å²) >= 11 is 5.22. The van der Waals surface area contributed by atoms with Crippen molar-refractivity contribution in [3.63, 3.8) is 0 Å². The monoisotopic (exact) mass is 315 g/mol. The summed E-state index contributed by atoms with van der Waals surface area (Å²) < 4.78 is 2.62. The Morgan fingerprint density at radius 3 is 2.91 bits per heavy atom. The molecule has 1 amide bonds. The van der Waals surface area contributed by atoms with Gasteiger partial charge in [0.05, 0.1) is 6.54 Å². The summed E-state index contributed by atoms with van der Waals surface area (Å²) in [6, 6.07) is 4.18. The summed E-state index contributed by atoms with van der Waals surface area (Å²) in [6.07, 6.45) is 7.24. The van der Waals surface area contributed by atoms with Gasteiger partial charge in [0.2, 0.25) is 5.91 Å². The molecule has 114 valence electrons. The quantitative estimate of drug-likeness (QED) is 0.656. The Hall–Kier alpha value is -2.28. The fourth-order valence-electron chi connectivity index (χ4n) is 2.28. The predicted molar refractivity (Wildman–Crippen MR) is 85.4 cm³/mol. The van der Waals surface area contributed by atoms with Gasteiger partial charge < -0.3 is 5.32 Å². The molecule has 0 aromatic carbocycles. The summed E-state index contributed by atoms with van der Waals surface area (Å²) in [6.45, 7) is 2.26. The number of aromatic nitrogens is 4. The zero-order valence-electron chi connectivity index (χ0n) is 12.2. The average Bonchev–Trinajstić information content (AvgIpc) is 3.29. The lowest BCUT2D eigenvalue weighted by molar-refractivity contribution is -0.116. The average molecular weight is 315 g/mol. The van der Waals surface area contributed by atoms with Crippen LogP contribution in [0, 0.1) is 4.77 Å². The minimum Gasteiger partial charge on any atom is -0.345 e. The SMILES string of the molecule is C/C(=C\C(=O)NCc1n[nH]c(=S)n1C1CC1)c1ccncc1. The number of nitrogens with zero attached hydrogens (tertiary/aromatic N) is 3. The highest BCUT2D eigenvalue weighted by atomic mass is 32.1. The largest absolute Gasteiger partial charge is 0.345 e. The van der Waals surface area contributed by atoms with Gasteiger partial charge in [0.1, 0.15) is 0 Å². The van der Waals surface area contributed by atoms with Crippen LogP contribution in [0.25, 0.3) is 5.57 Å². The first-order valence-electron chi connectivity index (χ1n) is 7.17. The van der Waals surface area contributed by atoms with Gasteiger partial charge in [-0.15, -0.1) is 0 Å². The number of allylic oxidation sites excluding steroid dienone is 1. The van der Waals surface area contributed by atoms with Gasteiger partial charge in [-0.05, 0) is 55.3 Å². The van der Waals surface area contributed by atoms with Gasteiger partial charge in [-0.25, -0.2) is 0 Å². The predicted octanol–water partition coefficient (Wildman–Crippen LogP) is 2.39. The van der Waals surface area contributed by atoms with E-state index in [4.69, 9.17) is 12.2 Å². The normalized spacial score (nSPS) is 14.9. The topological polar surface area (TPSA) is 75.6 Å². The Morgan fingerprint density at radius 1 is 1.50 bits per heavy atom. The van der Waals surface area contributed by atoms with Gasteiger partial charge >= 0.3 is 0 Å². The Morgan fingerprint density at radius 2 is 2.23 bits per heavy atom. The van der Waals surface area contributed by atoms with Gasteiger partial charge in [0, 0.05) is 24.5 Å². The maximum atomic E-state index is 12.0. The number of hydrogen-bond acceptors (Lipinski definition) is 4. The van der Waals surface area contributed by atoms with E-state index in [0.29, 0.717) is 17.4 Å². The van der Waals surface area contributed by atoms with Gasteiger partial charge in [-0.1, -0.05) is 0 Å². The zero-order chi connectivity index (χ0) is 15.5. The molecule has 6 nitrogen and oxygen atoms in total. The standard InChI is InChI=1S/C15H17N5OS/c1-10(11-4-6-16-7-5-11)8-14(21)17-9-13-18-19-15(22)20(13)12-2-3-12/h4-8,12H,2-3,9H2,1H3,(H,17,21)(H,19,22)/b10-8+. The van der Waals surface area contributed by atoms with Crippen molar-refractivity contribution in [3.8, 4) is 0 Å². The highest BCUT2D eigenvalue weighted by Gasteiger charge is 2.27. The summed E-state index contributed by atoms with van der Waals surface area (Å²) in [5.41, 5.74) is 1.87. The van der Waals surface area contributed by atoms with Crippen LogP contribution in [0.15, 0.2) is 30.6 Å². The van der Waals surface area contributed by atoms with Crippen molar-refractivity contribution in [2.24, 2.45) is 0 Å². The molecule has 2 aromatic rings. The lowest BCUT2D eigenvalue weighted by atomic mass is 10.1. The minimum atomic E-state index is -0.148. The molecule has 2 heterocycles. The summed E-state index contributed by atoms with van der Waals surface area (Å²) in [4.78, 5) is 16.0. The highest BCUT2D eigenvalue weighted by molar-refractivity contribution is 7.71. The van der Waals surface area contributed by atoms with E-state index in [0.717, 1.165) is 29.8 Å². The van der Waals surface area contributed by atoms with E-state index in [1.54, 1.807) is 18.5 Å². The molecular weight excluding hydrogens is 298 g/mol. The molecule has 0 radical (unpaired) electrons. The number of amides is 1. The van der Waals surface area contributed by atoms with Crippen LogP contribution in [0.3, 0.4) is 0 Å². The number of hydrogen-bond donors (Lipinski definition) is 2. The number of pyridine rings is 1. The molecule has 1 aliphatic carbocycles. The van der Waals surface area contributed by atoms with Gasteiger partial charge in [-0.2, -0.15) is 5.10 Å². The van der Waals surface area contributed by atoms with E-state index in [-0.39, 0.29) is 5.91 Å². The third kappa shape index (κ3) is 3.30. The number of aromatic amines is 1. The van der Waals surface area contributed by atoms with E-state index < -0.39 is 0 Å². The van der Waals surface area contributed by atoms with Crippen molar-refractivity contribution in [1.29, 1.82) is 0 Å². The maximum absolute atomic E-state index is 12.0. The Kier molecular flexibility index (Phi) is 4.15. The second-order valence-electron chi connectivity index (χ2n) is 5.33. The molecule has 22 heavy (non-hydrogen) atoms. The fourth-order valence-corrected chi connectivity index (χ4v) is 2.58. The Labute approximate surface area is 133 Å². The molecule has 0 saturated heterocycles. The second kappa shape index (κ2) is 6.23. The molecule has 0 aliphatic heterocycles. The van der Waals surface area contributed by atoms with Crippen molar-refractivity contribution < 1.29 is 4.79 Å². The first kappa shape index (κ1) is 14.6. The molecule has 0 spiro atoms. The molecule has 1 saturated carbocycles. The Balaban J connectivity index is 1.64. The third-order valence-electron chi connectivity index (χ3n) is 3.59. The smallest absolute Gasteiger partial charge is 0.244 e. The van der Waals surface area contributed by atoms with Crippen molar-refractivity contribution in [3.05, 3.63) is 46.8 Å². The van der Waals surface area contributed by atoms with E-state index in [2.05, 4.69) is 20.5 Å². The summed E-state index contributed by atoms with van der Waals surface area (Å²) in [7, 11) is 0. The number of carbonyl (C=O) groups excluding carboxylic acids is 1. The summed E-state index contributed by atoms with van der Waals surface area (Å²) in [5, 5.41) is 9.83. The maximum Gasteiger partial charge on any atom is 0.244 e. The first-order chi connectivity index (χ1) is 10.6. The van der Waals surface area contributed by atoms with E-state index in [1.807, 2.05) is 23.6 Å². The summed E-state index contributed by atoms with van der Waals surface area (Å²) in [5.74, 6) is 0.626. The van der Waals surface area contributed by atoms with Crippen LogP contribution in [0.2, 0.25) is 0 Å². The number of H-pyrrole nitrogens is 1. The zero-order valence-corrected chi connectivity index (χ0v) is 13.1. The molecule has 0 atom stereocenters. The van der Waals surface area contributed by atoms with Crippen LogP contribution in [0.1, 0.15) is 37.2 Å². The molecular formula is C15H17N5OS. The molecule has 1 aliphatic rings. The van der Waals surface area contributed by atoms with Gasteiger partial charge in [0.25, 0.3) is 0 Å². The van der Waals surface area contributed by atoms with Gasteiger partial charge in [0.15, 0.2) is 10.6 Å². The van der Waals surface area contributed by atoms with Crippen LogP contribution < -0.4 is 5.32 Å². The van der Waals surface area contributed by atoms with Crippen molar-refractivity contribution >= 4 is 23.7 Å². The lowest BCUT2D eigenvalue weighted by Gasteiger charge is -2.06. The highest BCUT2D eigenvalue weighted by Crippen LogP contribution is 2.35. The number of nitrogens with one attached hydrogen (secondary N) is 2. The molecule has 3 rings (SSSR count). The van der Waals surface area contributed by atoms with Crippen molar-refractivity contribution in [2.75, 3.05) is 0 Å². The van der Waals surface area contributed by atoms with Crippen molar-refractivity contribution in [1.82, 2.24) is 25.1 Å². The first-order valence-corrected chi connectivity index (χ1v) is 7.58. The molecule has 2 N–H and O–H groups in total. The third-order valence-corrected chi connectivity index (χ3v) is 3.88. The van der Waals surface area contributed by atoms with E-state index >= 15 is 0 Å². The molecule has 1 fully saturated rings. The van der Waals surface area contributed by atoms with E-state index in [9.17, 15) is 4.79 Å². The van der Waals surface area contributed by atoms with Crippen LogP contribution in [0.4, 0.5) is 0 Å². The second-order valence-corrected chi connectivity index (χ2v) is 5.71. The lowest BCUT2D eigenvalue weighted by Crippen LogP contribution is -2.23.